The predicted octanol–water partition coefficient (Wildman–Crippen LogP) is 2.81. The molecule has 0 spiro atoms. The quantitative estimate of drug-likeness (QED) is 0.625. The number of hydrogen-bond donors (Lipinski definition) is 3. The third kappa shape index (κ3) is 3.10. The van der Waals surface area contributed by atoms with Gasteiger partial charge in [-0.15, -0.1) is 0 Å². The maximum absolute atomic E-state index is 12.7. The van der Waals surface area contributed by atoms with Gasteiger partial charge in [0.15, 0.2) is 5.69 Å². The van der Waals surface area contributed by atoms with Crippen LogP contribution >= 0.6 is 0 Å². The minimum atomic E-state index is -0.331. The lowest BCUT2D eigenvalue weighted by Gasteiger charge is -2.35. The number of nitrogens with one attached hydrogen (secondary N) is 3. The number of nitrogens with zero attached hydrogens (tertiary/aromatic N) is 3. The monoisotopic (exact) mass is 402 g/mol. The molecule has 2 aromatic heterocycles. The highest BCUT2D eigenvalue weighted by Gasteiger charge is 2.30. The van der Waals surface area contributed by atoms with Gasteiger partial charge in [-0.25, -0.2) is 4.98 Å². The molecule has 2 aliphatic rings. The number of aryl methyl sites for hydroxylation is 1. The summed E-state index contributed by atoms with van der Waals surface area (Å²) >= 11 is 0. The molecular formula is C22H22N6O2. The average Bonchev–Trinajstić information content (AvgIpc) is 3.21. The van der Waals surface area contributed by atoms with Gasteiger partial charge in [0, 0.05) is 30.2 Å². The Balaban J connectivity index is 1.33. The number of H-pyrrole nitrogens is 1. The lowest BCUT2D eigenvalue weighted by Crippen LogP contribution is -2.45. The van der Waals surface area contributed by atoms with E-state index < -0.39 is 0 Å². The van der Waals surface area contributed by atoms with Gasteiger partial charge >= 0.3 is 0 Å². The summed E-state index contributed by atoms with van der Waals surface area (Å²) in [6.45, 7) is 0. The van der Waals surface area contributed by atoms with Crippen molar-refractivity contribution in [2.45, 2.75) is 31.8 Å². The molecule has 1 aromatic carbocycles. The summed E-state index contributed by atoms with van der Waals surface area (Å²) in [7, 11) is 1.90. The first kappa shape index (κ1) is 18.4. The van der Waals surface area contributed by atoms with Crippen LogP contribution in [0.4, 0.5) is 11.5 Å². The molecule has 8 nitrogen and oxygen atoms in total. The number of rotatable bonds is 3. The van der Waals surface area contributed by atoms with Crippen LogP contribution in [0.1, 0.15) is 56.7 Å². The number of anilines is 2. The third-order valence-electron chi connectivity index (χ3n) is 5.78. The molecule has 0 fully saturated rings. The molecule has 3 aromatic rings. The van der Waals surface area contributed by atoms with E-state index in [1.54, 1.807) is 18.3 Å². The first-order chi connectivity index (χ1) is 14.6. The Hall–Kier alpha value is -3.68. The maximum atomic E-state index is 12.7. The van der Waals surface area contributed by atoms with Crippen LogP contribution in [0.25, 0.3) is 0 Å². The molecule has 0 saturated carbocycles. The van der Waals surface area contributed by atoms with Crippen molar-refractivity contribution in [3.05, 3.63) is 70.7 Å². The second kappa shape index (κ2) is 7.29. The van der Waals surface area contributed by atoms with Gasteiger partial charge in [0.2, 0.25) is 0 Å². The van der Waals surface area contributed by atoms with Crippen LogP contribution in [-0.2, 0) is 12.8 Å². The van der Waals surface area contributed by atoms with Gasteiger partial charge in [0.05, 0.1) is 5.56 Å². The number of aromatic nitrogens is 3. The van der Waals surface area contributed by atoms with E-state index >= 15 is 0 Å². The molecule has 5 rings (SSSR count). The van der Waals surface area contributed by atoms with E-state index in [9.17, 15) is 9.59 Å². The minimum absolute atomic E-state index is 0.151. The van der Waals surface area contributed by atoms with Crippen LogP contribution < -0.4 is 15.5 Å². The van der Waals surface area contributed by atoms with Crippen molar-refractivity contribution in [2.24, 2.45) is 0 Å². The molecule has 1 aliphatic heterocycles. The van der Waals surface area contributed by atoms with Gasteiger partial charge in [-0.3, -0.25) is 14.7 Å². The van der Waals surface area contributed by atoms with E-state index in [0.717, 1.165) is 42.5 Å². The molecule has 152 valence electrons. The molecule has 3 heterocycles. The van der Waals surface area contributed by atoms with Crippen molar-refractivity contribution in [3.8, 4) is 0 Å². The van der Waals surface area contributed by atoms with Gasteiger partial charge < -0.3 is 15.5 Å². The summed E-state index contributed by atoms with van der Waals surface area (Å²) in [6.07, 6.45) is 5.39. The first-order valence-corrected chi connectivity index (χ1v) is 10.1. The van der Waals surface area contributed by atoms with Crippen LogP contribution in [-0.4, -0.2) is 34.0 Å². The van der Waals surface area contributed by atoms with Crippen molar-refractivity contribution >= 4 is 23.3 Å². The number of fused-ring (bicyclic) bond motifs is 2. The van der Waals surface area contributed by atoms with Gasteiger partial charge in [0.1, 0.15) is 12.0 Å². The third-order valence-corrected chi connectivity index (χ3v) is 5.78. The molecule has 1 atom stereocenters. The normalized spacial score (nSPS) is 17.7. The highest BCUT2D eigenvalue weighted by Crippen LogP contribution is 2.30. The summed E-state index contributed by atoms with van der Waals surface area (Å²) in [5.74, 6) is 0.289. The molecular weight excluding hydrogens is 380 g/mol. The Morgan fingerprint density at radius 1 is 1.17 bits per heavy atom. The molecule has 30 heavy (non-hydrogen) atoms. The average molecular weight is 402 g/mol. The van der Waals surface area contributed by atoms with E-state index in [1.165, 1.54) is 0 Å². The van der Waals surface area contributed by atoms with E-state index in [2.05, 4.69) is 25.8 Å². The van der Waals surface area contributed by atoms with Crippen molar-refractivity contribution < 1.29 is 9.59 Å². The van der Waals surface area contributed by atoms with E-state index in [4.69, 9.17) is 0 Å². The minimum Gasteiger partial charge on any atom is -0.335 e. The molecule has 0 saturated heterocycles. The van der Waals surface area contributed by atoms with E-state index in [-0.39, 0.29) is 18.0 Å². The Morgan fingerprint density at radius 2 is 1.97 bits per heavy atom. The number of hydrogen-bond acceptors (Lipinski definition) is 5. The molecule has 0 radical (unpaired) electrons. The van der Waals surface area contributed by atoms with Crippen molar-refractivity contribution in [1.82, 2.24) is 20.5 Å². The van der Waals surface area contributed by atoms with Crippen LogP contribution in [0.3, 0.4) is 0 Å². The van der Waals surface area contributed by atoms with Crippen LogP contribution in [0.2, 0.25) is 0 Å². The fourth-order valence-corrected chi connectivity index (χ4v) is 4.19. The second-order valence-corrected chi connectivity index (χ2v) is 7.67. The van der Waals surface area contributed by atoms with Gasteiger partial charge in [-0.1, -0.05) is 12.1 Å². The molecule has 3 N–H and O–H groups in total. The topological polar surface area (TPSA) is 103 Å². The number of carbonyl (C=O) groups is 2. The number of carbonyl (C=O) groups excluding carboxylic acids is 2. The molecule has 0 bridgehead atoms. The maximum Gasteiger partial charge on any atom is 0.276 e. The Bertz CT molecular complexity index is 1120. The zero-order valence-electron chi connectivity index (χ0n) is 16.6. The van der Waals surface area contributed by atoms with Crippen LogP contribution in [0.15, 0.2) is 42.6 Å². The zero-order chi connectivity index (χ0) is 20.7. The highest BCUT2D eigenvalue weighted by atomic mass is 16.2. The van der Waals surface area contributed by atoms with Gasteiger partial charge in [0.25, 0.3) is 11.8 Å². The number of amides is 2. The molecule has 1 unspecified atom stereocenters. The van der Waals surface area contributed by atoms with Crippen LogP contribution in [0, 0.1) is 0 Å². The summed E-state index contributed by atoms with van der Waals surface area (Å²) in [5, 5.41) is 13.2. The largest absolute Gasteiger partial charge is 0.335 e. The van der Waals surface area contributed by atoms with E-state index in [1.807, 2.05) is 36.2 Å². The van der Waals surface area contributed by atoms with Gasteiger partial charge in [-0.05, 0) is 55.5 Å². The lowest BCUT2D eigenvalue weighted by molar-refractivity contribution is 0.0926. The highest BCUT2D eigenvalue weighted by molar-refractivity contribution is 6.04. The van der Waals surface area contributed by atoms with Crippen molar-refractivity contribution in [2.75, 3.05) is 17.3 Å². The van der Waals surface area contributed by atoms with Gasteiger partial charge in [-0.2, -0.15) is 5.10 Å². The zero-order valence-corrected chi connectivity index (χ0v) is 16.6. The lowest BCUT2D eigenvalue weighted by atomic mass is 9.96. The number of benzene rings is 1. The Morgan fingerprint density at radius 3 is 2.80 bits per heavy atom. The predicted molar refractivity (Wildman–Crippen MR) is 112 cm³/mol. The smallest absolute Gasteiger partial charge is 0.276 e. The van der Waals surface area contributed by atoms with Crippen LogP contribution in [0.5, 0.6) is 0 Å². The second-order valence-electron chi connectivity index (χ2n) is 7.67. The standard InChI is InChI=1S/C22H22N6O2/c1-28-19(25-21(29)16-6-4-12-23-20(16)28)13-8-10-14(11-9-13)24-22(30)18-15-5-2-3-7-17(15)26-27-18/h4,6,8-12,19H,2-3,5,7H2,1H3,(H,24,30)(H,25,29)(H,26,27). The number of pyridine rings is 1. The molecule has 1 aliphatic carbocycles. The molecule has 2 amide bonds. The Labute approximate surface area is 173 Å². The fraction of sp³-hybridized carbons (Fsp3) is 0.273. The summed E-state index contributed by atoms with van der Waals surface area (Å²) in [6, 6.07) is 11.0. The van der Waals surface area contributed by atoms with Crippen molar-refractivity contribution in [3.63, 3.8) is 0 Å². The summed E-state index contributed by atoms with van der Waals surface area (Å²) < 4.78 is 0. The first-order valence-electron chi connectivity index (χ1n) is 10.1. The fourth-order valence-electron chi connectivity index (χ4n) is 4.19. The molecule has 8 heteroatoms. The Kier molecular flexibility index (Phi) is 4.46. The summed E-state index contributed by atoms with van der Waals surface area (Å²) in [5.41, 5.74) is 4.73. The van der Waals surface area contributed by atoms with Crippen molar-refractivity contribution in [1.29, 1.82) is 0 Å². The SMILES string of the molecule is CN1c2ncccc2C(=O)NC1c1ccc(NC(=O)c2n[nH]c3c2CCCC3)cc1. The van der Waals surface area contributed by atoms with E-state index in [0.29, 0.717) is 22.8 Å². The number of aromatic amines is 1. The summed E-state index contributed by atoms with van der Waals surface area (Å²) in [4.78, 5) is 31.4.